The molecule has 0 aromatic carbocycles. The van der Waals surface area contributed by atoms with E-state index in [1.165, 1.54) is 10.8 Å². The number of aromatic nitrogens is 5. The van der Waals surface area contributed by atoms with Crippen LogP contribution in [-0.2, 0) is 0 Å². The average Bonchev–Trinajstić information content (AvgIpc) is 2.95. The van der Waals surface area contributed by atoms with Crippen molar-refractivity contribution in [3.63, 3.8) is 0 Å². The van der Waals surface area contributed by atoms with Crippen LogP contribution in [0.3, 0.4) is 0 Å². The van der Waals surface area contributed by atoms with Crippen LogP contribution in [0.5, 0.6) is 0 Å². The van der Waals surface area contributed by atoms with Gasteiger partial charge in [0.1, 0.15) is 12.1 Å². The van der Waals surface area contributed by atoms with Gasteiger partial charge in [0, 0.05) is 18.7 Å². The summed E-state index contributed by atoms with van der Waals surface area (Å²) < 4.78 is 6.74. The van der Waals surface area contributed by atoms with Gasteiger partial charge in [-0.1, -0.05) is 0 Å². The first kappa shape index (κ1) is 12.3. The quantitative estimate of drug-likeness (QED) is 0.754. The third-order valence-corrected chi connectivity index (χ3v) is 2.73. The number of hydrogen-bond acceptors (Lipinski definition) is 6. The smallest absolute Gasteiger partial charge is 0.294 e. The SMILES string of the molecule is Cc1cc(NC(=O)c2oc(C)nc2C)n2ncnc2n1. The van der Waals surface area contributed by atoms with Gasteiger partial charge in [-0.2, -0.15) is 14.6 Å². The average molecular weight is 272 g/mol. The molecule has 0 aliphatic carbocycles. The predicted molar refractivity (Wildman–Crippen MR) is 69.4 cm³/mol. The lowest BCUT2D eigenvalue weighted by Crippen LogP contribution is -2.15. The Bertz CT molecular complexity index is 803. The van der Waals surface area contributed by atoms with Crippen molar-refractivity contribution in [3.05, 3.63) is 35.4 Å². The molecule has 1 N–H and O–H groups in total. The number of amides is 1. The molecule has 3 aromatic rings. The van der Waals surface area contributed by atoms with Crippen LogP contribution in [0.15, 0.2) is 16.8 Å². The number of carbonyl (C=O) groups is 1. The van der Waals surface area contributed by atoms with Crippen molar-refractivity contribution >= 4 is 17.5 Å². The largest absolute Gasteiger partial charge is 0.436 e. The number of oxazole rings is 1. The van der Waals surface area contributed by atoms with Gasteiger partial charge in [0.2, 0.25) is 5.76 Å². The zero-order chi connectivity index (χ0) is 14.3. The Morgan fingerprint density at radius 3 is 2.80 bits per heavy atom. The van der Waals surface area contributed by atoms with Crippen molar-refractivity contribution in [3.8, 4) is 0 Å². The van der Waals surface area contributed by atoms with Crippen LogP contribution in [0.4, 0.5) is 5.82 Å². The summed E-state index contributed by atoms with van der Waals surface area (Å²) in [6.45, 7) is 5.22. The second-order valence-electron chi connectivity index (χ2n) is 4.36. The third-order valence-electron chi connectivity index (χ3n) is 2.73. The summed E-state index contributed by atoms with van der Waals surface area (Å²) in [6, 6.07) is 1.71. The van der Waals surface area contributed by atoms with Gasteiger partial charge in [-0.15, -0.1) is 0 Å². The van der Waals surface area contributed by atoms with Gasteiger partial charge in [0.25, 0.3) is 11.7 Å². The molecule has 102 valence electrons. The number of nitrogens with one attached hydrogen (secondary N) is 1. The highest BCUT2D eigenvalue weighted by molar-refractivity contribution is 6.02. The molecule has 8 heteroatoms. The van der Waals surface area contributed by atoms with Gasteiger partial charge in [-0.05, 0) is 13.8 Å². The van der Waals surface area contributed by atoms with Crippen molar-refractivity contribution in [1.82, 2.24) is 24.6 Å². The number of hydrogen-bond donors (Lipinski definition) is 1. The Kier molecular flexibility index (Phi) is 2.70. The van der Waals surface area contributed by atoms with Crippen LogP contribution in [0, 0.1) is 20.8 Å². The van der Waals surface area contributed by atoms with Gasteiger partial charge >= 0.3 is 0 Å². The van der Waals surface area contributed by atoms with Gasteiger partial charge in [0.15, 0.2) is 5.89 Å². The van der Waals surface area contributed by atoms with E-state index >= 15 is 0 Å². The summed E-state index contributed by atoms with van der Waals surface area (Å²) in [7, 11) is 0. The molecule has 1 amide bonds. The fraction of sp³-hybridized carbons (Fsp3) is 0.250. The number of aryl methyl sites for hydroxylation is 3. The molecule has 0 saturated heterocycles. The molecule has 0 spiro atoms. The van der Waals surface area contributed by atoms with E-state index in [9.17, 15) is 4.79 Å². The first-order valence-electron chi connectivity index (χ1n) is 5.97. The lowest BCUT2D eigenvalue weighted by atomic mass is 10.3. The molecule has 8 nitrogen and oxygen atoms in total. The molecule has 0 atom stereocenters. The molecule has 0 radical (unpaired) electrons. The fourth-order valence-electron chi connectivity index (χ4n) is 1.93. The van der Waals surface area contributed by atoms with Crippen LogP contribution < -0.4 is 5.32 Å². The molecule has 0 bridgehead atoms. The maximum Gasteiger partial charge on any atom is 0.294 e. The normalized spacial score (nSPS) is 10.9. The minimum Gasteiger partial charge on any atom is -0.436 e. The van der Waals surface area contributed by atoms with E-state index in [-0.39, 0.29) is 11.7 Å². The molecule has 0 aliphatic heterocycles. The number of fused-ring (bicyclic) bond motifs is 1. The zero-order valence-corrected chi connectivity index (χ0v) is 11.2. The highest BCUT2D eigenvalue weighted by atomic mass is 16.4. The molecule has 0 fully saturated rings. The van der Waals surface area contributed by atoms with Crippen molar-refractivity contribution in [2.24, 2.45) is 0 Å². The molecular weight excluding hydrogens is 260 g/mol. The maximum atomic E-state index is 12.2. The number of rotatable bonds is 2. The zero-order valence-electron chi connectivity index (χ0n) is 11.2. The number of carbonyl (C=O) groups excluding carboxylic acids is 1. The van der Waals surface area contributed by atoms with Crippen LogP contribution in [0.2, 0.25) is 0 Å². The first-order valence-corrected chi connectivity index (χ1v) is 5.97. The lowest BCUT2D eigenvalue weighted by molar-refractivity contribution is 0.0994. The number of nitrogens with zero attached hydrogens (tertiary/aromatic N) is 5. The van der Waals surface area contributed by atoms with Crippen molar-refractivity contribution in [2.75, 3.05) is 5.32 Å². The monoisotopic (exact) mass is 272 g/mol. The second-order valence-corrected chi connectivity index (χ2v) is 4.36. The Labute approximate surface area is 113 Å². The summed E-state index contributed by atoms with van der Waals surface area (Å²) >= 11 is 0. The Hall–Kier alpha value is -2.77. The van der Waals surface area contributed by atoms with Gasteiger partial charge < -0.3 is 9.73 Å². The van der Waals surface area contributed by atoms with Crippen molar-refractivity contribution in [2.45, 2.75) is 20.8 Å². The summed E-state index contributed by atoms with van der Waals surface area (Å²) in [5.74, 6) is 1.15. The molecule has 3 aromatic heterocycles. The Morgan fingerprint density at radius 2 is 2.10 bits per heavy atom. The van der Waals surface area contributed by atoms with Gasteiger partial charge in [-0.25, -0.2) is 9.97 Å². The van der Waals surface area contributed by atoms with E-state index in [1.807, 2.05) is 6.92 Å². The summed E-state index contributed by atoms with van der Waals surface area (Å²) in [6.07, 6.45) is 1.38. The molecule has 3 rings (SSSR count). The molecule has 0 aliphatic rings. The highest BCUT2D eigenvalue weighted by Crippen LogP contribution is 2.14. The summed E-state index contributed by atoms with van der Waals surface area (Å²) in [4.78, 5) is 24.5. The van der Waals surface area contributed by atoms with Crippen LogP contribution in [0.1, 0.15) is 27.8 Å². The third kappa shape index (κ3) is 2.00. The number of anilines is 1. The predicted octanol–water partition coefficient (Wildman–Crippen LogP) is 1.29. The maximum absolute atomic E-state index is 12.2. The van der Waals surface area contributed by atoms with Crippen molar-refractivity contribution < 1.29 is 9.21 Å². The van der Waals surface area contributed by atoms with Gasteiger partial charge in [-0.3, -0.25) is 4.79 Å². The van der Waals surface area contributed by atoms with E-state index in [2.05, 4.69) is 25.4 Å². The van der Waals surface area contributed by atoms with E-state index in [0.717, 1.165) is 5.69 Å². The molecule has 3 heterocycles. The molecule has 0 saturated carbocycles. The summed E-state index contributed by atoms with van der Waals surface area (Å²) in [5.41, 5.74) is 1.27. The molecule has 0 unspecified atom stereocenters. The second kappa shape index (κ2) is 4.41. The Morgan fingerprint density at radius 1 is 1.30 bits per heavy atom. The van der Waals surface area contributed by atoms with Crippen LogP contribution >= 0.6 is 0 Å². The van der Waals surface area contributed by atoms with Crippen LogP contribution in [-0.4, -0.2) is 30.5 Å². The first-order chi connectivity index (χ1) is 9.54. The highest BCUT2D eigenvalue weighted by Gasteiger charge is 2.17. The molecular formula is C12H12N6O2. The Balaban J connectivity index is 1.99. The van der Waals surface area contributed by atoms with E-state index in [1.54, 1.807) is 19.9 Å². The van der Waals surface area contributed by atoms with Crippen LogP contribution in [0.25, 0.3) is 5.78 Å². The van der Waals surface area contributed by atoms with E-state index in [4.69, 9.17) is 4.42 Å². The molecule has 20 heavy (non-hydrogen) atoms. The van der Waals surface area contributed by atoms with E-state index < -0.39 is 0 Å². The minimum absolute atomic E-state index is 0.185. The standard InChI is InChI=1S/C12H12N6O2/c1-6-4-9(18-12(15-6)13-5-14-18)17-11(19)10-7(2)16-8(3)20-10/h4-5H,1-3H3,(H,17,19). The topological polar surface area (TPSA) is 98.2 Å². The fourth-order valence-corrected chi connectivity index (χ4v) is 1.93. The minimum atomic E-state index is -0.384. The van der Waals surface area contributed by atoms with Gasteiger partial charge in [0.05, 0.1) is 5.69 Å². The lowest BCUT2D eigenvalue weighted by Gasteiger charge is -2.06. The van der Waals surface area contributed by atoms with E-state index in [0.29, 0.717) is 23.2 Å². The summed E-state index contributed by atoms with van der Waals surface area (Å²) in [5, 5.41) is 6.75. The van der Waals surface area contributed by atoms with Crippen molar-refractivity contribution in [1.29, 1.82) is 0 Å².